The summed E-state index contributed by atoms with van der Waals surface area (Å²) in [7, 11) is 1.80. The van der Waals surface area contributed by atoms with Gasteiger partial charge in [0.05, 0.1) is 11.8 Å². The Morgan fingerprint density at radius 3 is 2.90 bits per heavy atom. The molecule has 0 atom stereocenters. The SMILES string of the molecule is Cl.Cn1cc(C(=O)N2CCCc3c(N)cccc32)cn1. The van der Waals surface area contributed by atoms with Crippen molar-refractivity contribution in [3.8, 4) is 0 Å². The molecule has 20 heavy (non-hydrogen) atoms. The van der Waals surface area contributed by atoms with Gasteiger partial charge in [0.2, 0.25) is 0 Å². The van der Waals surface area contributed by atoms with Crippen LogP contribution in [0.25, 0.3) is 0 Å². The Morgan fingerprint density at radius 1 is 1.40 bits per heavy atom. The molecular weight excluding hydrogens is 276 g/mol. The third kappa shape index (κ3) is 2.36. The van der Waals surface area contributed by atoms with Crippen LogP contribution in [-0.2, 0) is 13.5 Å². The summed E-state index contributed by atoms with van der Waals surface area (Å²) in [6, 6.07) is 5.74. The second-order valence-corrected chi connectivity index (χ2v) is 4.81. The zero-order valence-corrected chi connectivity index (χ0v) is 12.1. The van der Waals surface area contributed by atoms with Gasteiger partial charge in [-0.15, -0.1) is 12.4 Å². The molecule has 2 aromatic rings. The highest BCUT2D eigenvalue weighted by atomic mass is 35.5. The van der Waals surface area contributed by atoms with Gasteiger partial charge in [0.15, 0.2) is 0 Å². The van der Waals surface area contributed by atoms with E-state index in [1.165, 1.54) is 0 Å². The number of hydrogen-bond acceptors (Lipinski definition) is 3. The quantitative estimate of drug-likeness (QED) is 0.818. The van der Waals surface area contributed by atoms with Crippen molar-refractivity contribution in [2.24, 2.45) is 7.05 Å². The van der Waals surface area contributed by atoms with Gasteiger partial charge in [0.25, 0.3) is 5.91 Å². The number of hydrogen-bond donors (Lipinski definition) is 1. The minimum absolute atomic E-state index is 0. The monoisotopic (exact) mass is 292 g/mol. The molecule has 5 nitrogen and oxygen atoms in total. The molecule has 106 valence electrons. The maximum Gasteiger partial charge on any atom is 0.261 e. The Balaban J connectivity index is 0.00000147. The first-order valence-electron chi connectivity index (χ1n) is 6.34. The van der Waals surface area contributed by atoms with Crippen LogP contribution in [0.2, 0.25) is 0 Å². The molecule has 6 heteroatoms. The predicted molar refractivity (Wildman–Crippen MR) is 81.3 cm³/mol. The largest absolute Gasteiger partial charge is 0.398 e. The van der Waals surface area contributed by atoms with Crippen molar-refractivity contribution in [2.45, 2.75) is 12.8 Å². The number of nitrogens with two attached hydrogens (primary N) is 1. The number of fused-ring (bicyclic) bond motifs is 1. The van der Waals surface area contributed by atoms with Gasteiger partial charge < -0.3 is 10.6 Å². The van der Waals surface area contributed by atoms with E-state index < -0.39 is 0 Å². The fourth-order valence-electron chi connectivity index (χ4n) is 2.55. The minimum atomic E-state index is -0.0142. The summed E-state index contributed by atoms with van der Waals surface area (Å²) in [6.07, 6.45) is 5.21. The number of rotatable bonds is 1. The van der Waals surface area contributed by atoms with Crippen molar-refractivity contribution in [3.63, 3.8) is 0 Å². The normalized spacial score (nSPS) is 13.6. The van der Waals surface area contributed by atoms with Crippen LogP contribution in [0.1, 0.15) is 22.3 Å². The molecule has 1 amide bonds. The number of carbonyl (C=O) groups excluding carboxylic acids is 1. The summed E-state index contributed by atoms with van der Waals surface area (Å²) in [4.78, 5) is 14.3. The molecule has 0 saturated heterocycles. The molecule has 2 heterocycles. The second kappa shape index (κ2) is 5.54. The maximum atomic E-state index is 12.5. The number of halogens is 1. The van der Waals surface area contributed by atoms with Crippen molar-refractivity contribution in [2.75, 3.05) is 17.2 Å². The Bertz CT molecular complexity index is 638. The summed E-state index contributed by atoms with van der Waals surface area (Å²) in [5.41, 5.74) is 9.37. The molecule has 2 N–H and O–H groups in total. The van der Waals surface area contributed by atoms with Gasteiger partial charge in [-0.25, -0.2) is 0 Å². The number of nitrogens with zero attached hydrogens (tertiary/aromatic N) is 3. The van der Waals surface area contributed by atoms with E-state index in [2.05, 4.69) is 5.10 Å². The van der Waals surface area contributed by atoms with Crippen LogP contribution in [0.15, 0.2) is 30.6 Å². The lowest BCUT2D eigenvalue weighted by Crippen LogP contribution is -2.35. The summed E-state index contributed by atoms with van der Waals surface area (Å²) in [5, 5.41) is 4.05. The van der Waals surface area contributed by atoms with Crippen molar-refractivity contribution in [3.05, 3.63) is 41.7 Å². The third-order valence-corrected chi connectivity index (χ3v) is 3.48. The number of aromatic nitrogens is 2. The number of aryl methyl sites for hydroxylation is 1. The van der Waals surface area contributed by atoms with E-state index in [1.54, 1.807) is 29.0 Å². The van der Waals surface area contributed by atoms with Gasteiger partial charge in [0.1, 0.15) is 0 Å². The Labute approximate surface area is 123 Å². The Hall–Kier alpha value is -2.01. The van der Waals surface area contributed by atoms with Crippen molar-refractivity contribution in [1.29, 1.82) is 0 Å². The lowest BCUT2D eigenvalue weighted by atomic mass is 9.99. The first-order chi connectivity index (χ1) is 9.16. The Morgan fingerprint density at radius 2 is 2.20 bits per heavy atom. The van der Waals surface area contributed by atoms with Crippen LogP contribution in [0.3, 0.4) is 0 Å². The molecule has 1 aromatic carbocycles. The summed E-state index contributed by atoms with van der Waals surface area (Å²) >= 11 is 0. The summed E-state index contributed by atoms with van der Waals surface area (Å²) in [6.45, 7) is 0.726. The molecule has 3 rings (SSSR count). The van der Waals surface area contributed by atoms with Gasteiger partial charge in [0, 0.05) is 31.2 Å². The standard InChI is InChI=1S/C14H16N4O.ClH/c1-17-9-10(8-16-17)14(19)18-7-3-4-11-12(15)5-2-6-13(11)18;/h2,5-6,8-9H,3-4,7,15H2,1H3;1H. The first-order valence-corrected chi connectivity index (χ1v) is 6.34. The van der Waals surface area contributed by atoms with Gasteiger partial charge in [-0.3, -0.25) is 9.48 Å². The predicted octanol–water partition coefficient (Wildman–Crippen LogP) is 2.02. The van der Waals surface area contributed by atoms with E-state index in [9.17, 15) is 4.79 Å². The minimum Gasteiger partial charge on any atom is -0.398 e. The molecule has 0 unspecified atom stereocenters. The number of nitrogen functional groups attached to an aromatic ring is 1. The van der Waals surface area contributed by atoms with E-state index >= 15 is 0 Å². The van der Waals surface area contributed by atoms with Crippen LogP contribution >= 0.6 is 12.4 Å². The number of anilines is 2. The van der Waals surface area contributed by atoms with E-state index in [0.29, 0.717) is 5.56 Å². The zero-order chi connectivity index (χ0) is 13.4. The maximum absolute atomic E-state index is 12.5. The van der Waals surface area contributed by atoms with Crippen LogP contribution in [0.5, 0.6) is 0 Å². The topological polar surface area (TPSA) is 64.2 Å². The average Bonchev–Trinajstić information content (AvgIpc) is 2.85. The molecule has 0 fully saturated rings. The van der Waals surface area contributed by atoms with Crippen molar-refractivity contribution in [1.82, 2.24) is 9.78 Å². The fourth-order valence-corrected chi connectivity index (χ4v) is 2.55. The van der Waals surface area contributed by atoms with Gasteiger partial charge in [-0.2, -0.15) is 5.10 Å². The highest BCUT2D eigenvalue weighted by molar-refractivity contribution is 6.06. The number of amides is 1. The lowest BCUT2D eigenvalue weighted by Gasteiger charge is -2.30. The highest BCUT2D eigenvalue weighted by Crippen LogP contribution is 2.32. The van der Waals surface area contributed by atoms with Crippen LogP contribution < -0.4 is 10.6 Å². The van der Waals surface area contributed by atoms with Crippen molar-refractivity contribution >= 4 is 29.7 Å². The van der Waals surface area contributed by atoms with Gasteiger partial charge >= 0.3 is 0 Å². The fraction of sp³-hybridized carbons (Fsp3) is 0.286. The van der Waals surface area contributed by atoms with E-state index in [4.69, 9.17) is 5.73 Å². The van der Waals surface area contributed by atoms with Crippen LogP contribution in [0, 0.1) is 0 Å². The van der Waals surface area contributed by atoms with E-state index in [1.807, 2.05) is 18.2 Å². The molecular formula is C14H17ClN4O. The molecule has 0 aliphatic carbocycles. The number of carbonyl (C=O) groups is 1. The molecule has 0 bridgehead atoms. The number of benzene rings is 1. The van der Waals surface area contributed by atoms with Gasteiger partial charge in [-0.05, 0) is 30.5 Å². The molecule has 1 aliphatic heterocycles. The van der Waals surface area contributed by atoms with Gasteiger partial charge in [-0.1, -0.05) is 6.07 Å². The van der Waals surface area contributed by atoms with E-state index in [-0.39, 0.29) is 18.3 Å². The van der Waals surface area contributed by atoms with Crippen LogP contribution in [0.4, 0.5) is 11.4 Å². The highest BCUT2D eigenvalue weighted by Gasteiger charge is 2.25. The summed E-state index contributed by atoms with van der Waals surface area (Å²) < 4.78 is 1.64. The van der Waals surface area contributed by atoms with Crippen molar-refractivity contribution < 1.29 is 4.79 Å². The molecule has 0 saturated carbocycles. The van der Waals surface area contributed by atoms with Crippen LogP contribution in [-0.4, -0.2) is 22.2 Å². The lowest BCUT2D eigenvalue weighted by molar-refractivity contribution is 0.0985. The molecule has 0 spiro atoms. The third-order valence-electron chi connectivity index (χ3n) is 3.48. The molecule has 1 aromatic heterocycles. The summed E-state index contributed by atoms with van der Waals surface area (Å²) in [5.74, 6) is -0.0142. The second-order valence-electron chi connectivity index (χ2n) is 4.81. The average molecular weight is 293 g/mol. The first kappa shape index (κ1) is 14.4. The Kier molecular flexibility index (Phi) is 3.99. The molecule has 1 aliphatic rings. The smallest absolute Gasteiger partial charge is 0.261 e. The van der Waals surface area contributed by atoms with E-state index in [0.717, 1.165) is 36.3 Å². The zero-order valence-electron chi connectivity index (χ0n) is 11.2. The molecule has 0 radical (unpaired) electrons.